The molecule has 9 heteroatoms. The van der Waals surface area contributed by atoms with Crippen molar-refractivity contribution in [2.45, 2.75) is 51.7 Å². The summed E-state index contributed by atoms with van der Waals surface area (Å²) in [6, 6.07) is 7.79. The third-order valence-electron chi connectivity index (χ3n) is 7.19. The number of aryl methyl sites for hydroxylation is 1. The van der Waals surface area contributed by atoms with E-state index in [-0.39, 0.29) is 17.5 Å². The molecule has 0 spiro atoms. The molecule has 3 aromatic heterocycles. The zero-order valence-electron chi connectivity index (χ0n) is 19.8. The largest absolute Gasteiger partial charge is 0.377 e. The topological polar surface area (TPSA) is 89.3 Å². The minimum absolute atomic E-state index is 0.0625. The highest BCUT2D eigenvalue weighted by molar-refractivity contribution is 6.10. The smallest absolute Gasteiger partial charge is 0.260 e. The van der Waals surface area contributed by atoms with Crippen molar-refractivity contribution in [3.8, 4) is 11.5 Å². The van der Waals surface area contributed by atoms with E-state index in [4.69, 9.17) is 14.7 Å². The average molecular weight is 459 g/mol. The first kappa shape index (κ1) is 21.2. The summed E-state index contributed by atoms with van der Waals surface area (Å²) in [5, 5.41) is 8.80. The van der Waals surface area contributed by atoms with Gasteiger partial charge in [0.1, 0.15) is 23.2 Å². The van der Waals surface area contributed by atoms with Crippen LogP contribution in [0.2, 0.25) is 0 Å². The van der Waals surface area contributed by atoms with Crippen molar-refractivity contribution in [2.75, 3.05) is 29.6 Å². The van der Waals surface area contributed by atoms with Crippen LogP contribution in [0.1, 0.15) is 54.6 Å². The number of nitrogens with zero attached hydrogens (tertiary/aromatic N) is 7. The van der Waals surface area contributed by atoms with Crippen LogP contribution in [0, 0.1) is 6.92 Å². The molecule has 3 aliphatic rings. The molecule has 0 bridgehead atoms. The first-order valence-corrected chi connectivity index (χ1v) is 11.8. The molecule has 175 valence electrons. The van der Waals surface area contributed by atoms with Gasteiger partial charge in [-0.2, -0.15) is 0 Å². The van der Waals surface area contributed by atoms with Gasteiger partial charge in [-0.05, 0) is 52.3 Å². The molecule has 1 radical (unpaired) electrons. The lowest BCUT2D eigenvalue weighted by Crippen LogP contribution is -2.44. The monoisotopic (exact) mass is 458 g/mol. The molecule has 3 aromatic rings. The van der Waals surface area contributed by atoms with Crippen LogP contribution in [0.3, 0.4) is 0 Å². The van der Waals surface area contributed by atoms with E-state index in [1.165, 1.54) is 0 Å². The minimum atomic E-state index is -0.0825. The van der Waals surface area contributed by atoms with E-state index in [2.05, 4.69) is 47.4 Å². The molecule has 0 unspecified atom stereocenters. The van der Waals surface area contributed by atoms with Gasteiger partial charge in [0.05, 0.1) is 31.4 Å². The lowest BCUT2D eigenvalue weighted by molar-refractivity contribution is 0.0983. The van der Waals surface area contributed by atoms with Gasteiger partial charge in [0.15, 0.2) is 5.82 Å². The molecule has 1 atom stereocenters. The molecule has 0 saturated carbocycles. The van der Waals surface area contributed by atoms with Crippen molar-refractivity contribution >= 4 is 17.5 Å². The Balaban J connectivity index is 1.34. The summed E-state index contributed by atoms with van der Waals surface area (Å²) >= 11 is 0. The van der Waals surface area contributed by atoms with Gasteiger partial charge in [0.25, 0.3) is 5.91 Å². The summed E-state index contributed by atoms with van der Waals surface area (Å²) in [6.07, 6.45) is 1.93. The molecule has 1 saturated heterocycles. The standard InChI is InChI=1S/C25H28N7O2/c1-15-14-34-11-10-30(15)22-12-17-18(16(2)26-22)13-31(24(17)33)20-7-5-6-19(27-20)23-29-28-21-8-9-25(3,4)32(21)23/h5-7,12,15H,2,8-11,13-14H2,1,3-4H3/t15-/m1/s1. The third-order valence-corrected chi connectivity index (χ3v) is 7.19. The van der Waals surface area contributed by atoms with E-state index in [0.29, 0.717) is 42.5 Å². The van der Waals surface area contributed by atoms with Gasteiger partial charge in [0, 0.05) is 29.8 Å². The number of ether oxygens (including phenoxy) is 1. The van der Waals surface area contributed by atoms with Crippen LogP contribution in [-0.4, -0.2) is 56.4 Å². The molecule has 0 aromatic carbocycles. The SMILES string of the molecule is [CH2]c1nc(N2CCOC[C@H]2C)cc2c1CN(c1cccc(-c3nnc4n3C(C)(C)CC4)n1)C2=O. The fraction of sp³-hybridized carbons (Fsp3) is 0.440. The Labute approximate surface area is 198 Å². The van der Waals surface area contributed by atoms with E-state index in [0.717, 1.165) is 42.4 Å². The number of fused-ring (bicyclic) bond motifs is 2. The first-order valence-electron chi connectivity index (χ1n) is 11.8. The normalized spacial score (nSPS) is 21.2. The summed E-state index contributed by atoms with van der Waals surface area (Å²) in [5.41, 5.74) is 2.78. The molecule has 0 aliphatic carbocycles. The van der Waals surface area contributed by atoms with Gasteiger partial charge in [0.2, 0.25) is 0 Å². The Bertz CT molecular complexity index is 1300. The van der Waals surface area contributed by atoms with E-state index in [1.807, 2.05) is 24.3 Å². The van der Waals surface area contributed by atoms with E-state index in [9.17, 15) is 4.79 Å². The number of hydrogen-bond donors (Lipinski definition) is 0. The van der Waals surface area contributed by atoms with Crippen LogP contribution in [-0.2, 0) is 23.2 Å². The maximum absolute atomic E-state index is 13.5. The van der Waals surface area contributed by atoms with Gasteiger partial charge >= 0.3 is 0 Å². The van der Waals surface area contributed by atoms with Crippen molar-refractivity contribution in [1.29, 1.82) is 0 Å². The van der Waals surface area contributed by atoms with Crippen molar-refractivity contribution < 1.29 is 9.53 Å². The predicted molar refractivity (Wildman–Crippen MR) is 128 cm³/mol. The molecular formula is C25H28N7O2. The third kappa shape index (κ3) is 3.21. The van der Waals surface area contributed by atoms with Gasteiger partial charge in [-0.3, -0.25) is 9.69 Å². The van der Waals surface area contributed by atoms with Crippen LogP contribution in [0.5, 0.6) is 0 Å². The summed E-state index contributed by atoms with van der Waals surface area (Å²) < 4.78 is 7.73. The number of hydrogen-bond acceptors (Lipinski definition) is 7. The number of aromatic nitrogens is 5. The second-order valence-corrected chi connectivity index (χ2v) is 9.93. The van der Waals surface area contributed by atoms with Gasteiger partial charge in [-0.25, -0.2) is 9.97 Å². The van der Waals surface area contributed by atoms with Crippen LogP contribution >= 0.6 is 0 Å². The molecule has 6 heterocycles. The Morgan fingerprint density at radius 3 is 2.85 bits per heavy atom. The number of carbonyl (C=O) groups excluding carboxylic acids is 1. The van der Waals surface area contributed by atoms with E-state index in [1.54, 1.807) is 4.90 Å². The molecule has 9 nitrogen and oxygen atoms in total. The van der Waals surface area contributed by atoms with Crippen LogP contribution in [0.25, 0.3) is 11.5 Å². The Kier molecular flexibility index (Phi) is 4.74. The zero-order valence-corrected chi connectivity index (χ0v) is 19.8. The molecular weight excluding hydrogens is 430 g/mol. The van der Waals surface area contributed by atoms with Gasteiger partial charge in [-0.1, -0.05) is 6.07 Å². The molecule has 1 amide bonds. The number of carbonyl (C=O) groups is 1. The van der Waals surface area contributed by atoms with Crippen molar-refractivity contribution in [3.63, 3.8) is 0 Å². The van der Waals surface area contributed by atoms with Gasteiger partial charge < -0.3 is 14.2 Å². The van der Waals surface area contributed by atoms with Crippen LogP contribution in [0.15, 0.2) is 24.3 Å². The fourth-order valence-electron chi connectivity index (χ4n) is 5.26. The fourth-order valence-corrected chi connectivity index (χ4v) is 5.26. The molecule has 0 N–H and O–H groups in total. The molecule has 6 rings (SSSR count). The second kappa shape index (κ2) is 7.59. The Morgan fingerprint density at radius 1 is 1.18 bits per heavy atom. The van der Waals surface area contributed by atoms with Crippen molar-refractivity contribution in [3.05, 3.63) is 53.8 Å². The lowest BCUT2D eigenvalue weighted by atomic mass is 10.0. The van der Waals surface area contributed by atoms with E-state index < -0.39 is 0 Å². The van der Waals surface area contributed by atoms with Crippen LogP contribution in [0.4, 0.5) is 11.6 Å². The molecule has 1 fully saturated rings. The second-order valence-electron chi connectivity index (χ2n) is 9.93. The Morgan fingerprint density at radius 2 is 2.03 bits per heavy atom. The minimum Gasteiger partial charge on any atom is -0.377 e. The lowest BCUT2D eigenvalue weighted by Gasteiger charge is -2.34. The van der Waals surface area contributed by atoms with Gasteiger partial charge in [-0.15, -0.1) is 10.2 Å². The molecule has 3 aliphatic heterocycles. The quantitative estimate of drug-likeness (QED) is 0.596. The summed E-state index contributed by atoms with van der Waals surface area (Å²) in [5.74, 6) is 3.01. The Hall–Kier alpha value is -3.33. The number of rotatable bonds is 3. The zero-order chi connectivity index (χ0) is 23.6. The summed E-state index contributed by atoms with van der Waals surface area (Å²) in [7, 11) is 0. The molecule has 34 heavy (non-hydrogen) atoms. The number of anilines is 2. The highest BCUT2D eigenvalue weighted by atomic mass is 16.5. The van der Waals surface area contributed by atoms with Crippen molar-refractivity contribution in [1.82, 2.24) is 24.7 Å². The average Bonchev–Trinajstić information content (AvgIpc) is 3.49. The summed E-state index contributed by atoms with van der Waals surface area (Å²) in [4.78, 5) is 27.0. The highest BCUT2D eigenvalue weighted by Gasteiger charge is 2.36. The number of morpholine rings is 1. The van der Waals surface area contributed by atoms with Crippen molar-refractivity contribution in [2.24, 2.45) is 0 Å². The van der Waals surface area contributed by atoms with Crippen LogP contribution < -0.4 is 9.80 Å². The summed E-state index contributed by atoms with van der Waals surface area (Å²) in [6.45, 7) is 13.1. The maximum atomic E-state index is 13.5. The first-order chi connectivity index (χ1) is 16.3. The predicted octanol–water partition coefficient (Wildman–Crippen LogP) is 2.98. The highest BCUT2D eigenvalue weighted by Crippen LogP contribution is 2.36. The number of amides is 1. The number of pyridine rings is 2. The maximum Gasteiger partial charge on any atom is 0.260 e. The van der Waals surface area contributed by atoms with E-state index >= 15 is 0 Å².